The van der Waals surface area contributed by atoms with Gasteiger partial charge in [-0.3, -0.25) is 9.59 Å². The summed E-state index contributed by atoms with van der Waals surface area (Å²) in [7, 11) is 0. The molecular formula is C25H30BrN7O5S. The molecule has 1 unspecified atom stereocenters. The second kappa shape index (κ2) is 11.6. The number of rotatable bonds is 8. The second-order valence-corrected chi connectivity index (χ2v) is 11.5. The Morgan fingerprint density at radius 3 is 2.64 bits per heavy atom. The summed E-state index contributed by atoms with van der Waals surface area (Å²) in [6.07, 6.45) is 3.17. The van der Waals surface area contributed by atoms with Gasteiger partial charge in [0.05, 0.1) is 0 Å². The van der Waals surface area contributed by atoms with E-state index in [0.717, 1.165) is 33.8 Å². The van der Waals surface area contributed by atoms with Gasteiger partial charge in [-0.1, -0.05) is 11.8 Å². The predicted molar refractivity (Wildman–Crippen MR) is 147 cm³/mol. The van der Waals surface area contributed by atoms with Crippen molar-refractivity contribution in [2.45, 2.75) is 61.9 Å². The molecule has 0 aliphatic carbocycles. The fraction of sp³-hybridized carbons (Fsp3) is 0.480. The summed E-state index contributed by atoms with van der Waals surface area (Å²) in [5.74, 6) is 1.35. The number of ether oxygens (including phenoxy) is 3. The summed E-state index contributed by atoms with van der Waals surface area (Å²) in [5.41, 5.74) is 12.9. The standard InChI is InChI=1S/C25H30BrN7O5S/c1-13(27)24(35)38-14(2)23(34)32-6-3-15(4-7-32)5-8-33-22-20(21(28)29-11-30-22)31-25(33)39-19-10-18-17(9-16(19)26)36-12-37-18/h9-11,13-15H,3-8,12,27H2,1-2H3,(H2,28,29,30)/t13-,14?/m0/s1. The molecule has 4 N–H and O–H groups in total. The molecule has 0 spiro atoms. The lowest BCUT2D eigenvalue weighted by molar-refractivity contribution is -0.160. The SMILES string of the molecule is CC(OC(=O)[C@H](C)N)C(=O)N1CCC(CCn2c(Sc3cc4c(cc3Br)OCO4)nc3c(N)ncnc32)CC1. The lowest BCUT2D eigenvalue weighted by atomic mass is 9.93. The number of carbonyl (C=O) groups is 2. The topological polar surface area (TPSA) is 161 Å². The van der Waals surface area contributed by atoms with Crippen molar-refractivity contribution in [3.05, 3.63) is 22.9 Å². The van der Waals surface area contributed by atoms with Gasteiger partial charge >= 0.3 is 5.97 Å². The molecule has 1 aromatic carbocycles. The molecule has 39 heavy (non-hydrogen) atoms. The molecule has 2 atom stereocenters. The van der Waals surface area contributed by atoms with Crippen molar-refractivity contribution in [2.75, 3.05) is 25.6 Å². The highest BCUT2D eigenvalue weighted by Gasteiger charge is 2.29. The van der Waals surface area contributed by atoms with Crippen molar-refractivity contribution in [2.24, 2.45) is 11.7 Å². The van der Waals surface area contributed by atoms with Crippen LogP contribution in [0.2, 0.25) is 0 Å². The van der Waals surface area contributed by atoms with Crippen molar-refractivity contribution in [3.8, 4) is 11.5 Å². The molecule has 1 saturated heterocycles. The van der Waals surface area contributed by atoms with Gasteiger partial charge in [0.25, 0.3) is 5.91 Å². The molecule has 4 heterocycles. The van der Waals surface area contributed by atoms with E-state index < -0.39 is 18.1 Å². The largest absolute Gasteiger partial charge is 0.454 e. The number of imidazole rings is 1. The number of halogens is 1. The number of nitrogens with zero attached hydrogens (tertiary/aromatic N) is 5. The zero-order valence-corrected chi connectivity index (χ0v) is 24.0. The average molecular weight is 621 g/mol. The van der Waals surface area contributed by atoms with Crippen LogP contribution in [0.25, 0.3) is 11.2 Å². The van der Waals surface area contributed by atoms with Crippen LogP contribution in [0.15, 0.2) is 33.0 Å². The summed E-state index contributed by atoms with van der Waals surface area (Å²) in [4.78, 5) is 40.5. The number of amides is 1. The first-order valence-electron chi connectivity index (χ1n) is 12.7. The maximum absolute atomic E-state index is 12.7. The Balaban J connectivity index is 1.26. The first kappa shape index (κ1) is 27.5. The van der Waals surface area contributed by atoms with E-state index in [1.54, 1.807) is 11.8 Å². The molecular weight excluding hydrogens is 590 g/mol. The Bertz CT molecular complexity index is 1390. The van der Waals surface area contributed by atoms with E-state index in [9.17, 15) is 9.59 Å². The van der Waals surface area contributed by atoms with E-state index in [2.05, 4.69) is 30.5 Å². The smallest absolute Gasteiger partial charge is 0.323 e. The minimum atomic E-state index is -0.849. The number of hydrogen-bond acceptors (Lipinski definition) is 11. The maximum atomic E-state index is 12.7. The number of anilines is 1. The Morgan fingerprint density at radius 1 is 1.21 bits per heavy atom. The summed E-state index contributed by atoms with van der Waals surface area (Å²) in [6.45, 7) is 5.21. The number of nitrogens with two attached hydrogens (primary N) is 2. The third kappa shape index (κ3) is 5.92. The van der Waals surface area contributed by atoms with Gasteiger partial charge in [-0.05, 0) is 67.1 Å². The number of esters is 1. The molecule has 12 nitrogen and oxygen atoms in total. The molecule has 5 rings (SSSR count). The normalized spacial score (nSPS) is 16.9. The molecule has 208 valence electrons. The van der Waals surface area contributed by atoms with Crippen LogP contribution in [0.1, 0.15) is 33.1 Å². The Kier molecular flexibility index (Phi) is 8.14. The zero-order chi connectivity index (χ0) is 27.7. The Labute approximate surface area is 237 Å². The number of nitrogen functional groups attached to an aromatic ring is 1. The van der Waals surface area contributed by atoms with Crippen LogP contribution in [0.4, 0.5) is 5.82 Å². The number of likely N-dealkylation sites (tertiary alicyclic amines) is 1. The molecule has 2 aromatic heterocycles. The van der Waals surface area contributed by atoms with Crippen molar-refractivity contribution in [1.29, 1.82) is 0 Å². The first-order chi connectivity index (χ1) is 18.7. The van der Waals surface area contributed by atoms with Crippen LogP contribution in [-0.4, -0.2) is 68.3 Å². The van der Waals surface area contributed by atoms with E-state index in [0.29, 0.717) is 54.0 Å². The number of hydrogen-bond donors (Lipinski definition) is 2. The minimum absolute atomic E-state index is 0.191. The number of benzene rings is 1. The molecule has 2 aliphatic rings. The number of carbonyl (C=O) groups excluding carboxylic acids is 2. The molecule has 1 amide bonds. The molecule has 0 bridgehead atoms. The monoisotopic (exact) mass is 619 g/mol. The van der Waals surface area contributed by atoms with Gasteiger partial charge in [0.1, 0.15) is 12.4 Å². The van der Waals surface area contributed by atoms with E-state index in [4.69, 9.17) is 30.7 Å². The van der Waals surface area contributed by atoms with Gasteiger partial charge in [-0.15, -0.1) is 0 Å². The Morgan fingerprint density at radius 2 is 1.92 bits per heavy atom. The van der Waals surface area contributed by atoms with Crippen LogP contribution < -0.4 is 20.9 Å². The van der Waals surface area contributed by atoms with Gasteiger partial charge in [0.15, 0.2) is 39.7 Å². The fourth-order valence-corrected chi connectivity index (χ4v) is 6.14. The van der Waals surface area contributed by atoms with Gasteiger partial charge < -0.3 is 35.1 Å². The summed E-state index contributed by atoms with van der Waals surface area (Å²) >= 11 is 5.11. The van der Waals surface area contributed by atoms with Crippen molar-refractivity contribution in [1.82, 2.24) is 24.4 Å². The highest BCUT2D eigenvalue weighted by Crippen LogP contribution is 2.43. The molecule has 0 radical (unpaired) electrons. The third-order valence-electron chi connectivity index (χ3n) is 6.85. The Hall–Kier alpha value is -3.10. The highest BCUT2D eigenvalue weighted by atomic mass is 79.9. The van der Waals surface area contributed by atoms with Crippen LogP contribution in [0.3, 0.4) is 0 Å². The van der Waals surface area contributed by atoms with E-state index in [-0.39, 0.29) is 12.7 Å². The number of fused-ring (bicyclic) bond motifs is 2. The van der Waals surface area contributed by atoms with Crippen molar-refractivity contribution < 1.29 is 23.8 Å². The number of aryl methyl sites for hydroxylation is 1. The predicted octanol–water partition coefficient (Wildman–Crippen LogP) is 2.96. The highest BCUT2D eigenvalue weighted by molar-refractivity contribution is 9.10. The van der Waals surface area contributed by atoms with Gasteiger partial charge in [0, 0.05) is 29.0 Å². The zero-order valence-electron chi connectivity index (χ0n) is 21.6. The van der Waals surface area contributed by atoms with Crippen LogP contribution in [0.5, 0.6) is 11.5 Å². The lowest BCUT2D eigenvalue weighted by Crippen LogP contribution is -2.45. The third-order valence-corrected chi connectivity index (χ3v) is 8.82. The van der Waals surface area contributed by atoms with Crippen LogP contribution >= 0.6 is 27.7 Å². The summed E-state index contributed by atoms with van der Waals surface area (Å²) < 4.78 is 19.1. The summed E-state index contributed by atoms with van der Waals surface area (Å²) in [6, 6.07) is 3.05. The van der Waals surface area contributed by atoms with E-state index >= 15 is 0 Å². The van der Waals surface area contributed by atoms with Gasteiger partial charge in [-0.2, -0.15) is 0 Å². The fourth-order valence-electron chi connectivity index (χ4n) is 4.63. The lowest BCUT2D eigenvalue weighted by Gasteiger charge is -2.33. The number of aromatic nitrogens is 4. The average Bonchev–Trinajstić information content (AvgIpc) is 3.51. The minimum Gasteiger partial charge on any atom is -0.454 e. The van der Waals surface area contributed by atoms with Crippen molar-refractivity contribution in [3.63, 3.8) is 0 Å². The molecule has 2 aliphatic heterocycles. The maximum Gasteiger partial charge on any atom is 0.323 e. The molecule has 1 fully saturated rings. The van der Waals surface area contributed by atoms with Gasteiger partial charge in [0.2, 0.25) is 6.79 Å². The first-order valence-corrected chi connectivity index (χ1v) is 14.3. The van der Waals surface area contributed by atoms with Crippen molar-refractivity contribution >= 4 is 56.6 Å². The molecule has 3 aromatic rings. The second-order valence-electron chi connectivity index (χ2n) is 9.64. The van der Waals surface area contributed by atoms with Crippen LogP contribution in [-0.2, 0) is 20.9 Å². The van der Waals surface area contributed by atoms with Crippen LogP contribution in [0, 0.1) is 5.92 Å². The molecule has 0 saturated carbocycles. The van der Waals surface area contributed by atoms with E-state index in [1.807, 2.05) is 12.1 Å². The summed E-state index contributed by atoms with van der Waals surface area (Å²) in [5, 5.41) is 0.745. The van der Waals surface area contributed by atoms with Gasteiger partial charge in [-0.25, -0.2) is 15.0 Å². The molecule has 14 heteroatoms. The van der Waals surface area contributed by atoms with E-state index in [1.165, 1.54) is 25.0 Å². The quantitative estimate of drug-likeness (QED) is 0.356. The number of piperidine rings is 1.